The molecule has 0 aromatic heterocycles. The number of ether oxygens (including phenoxy) is 1. The van der Waals surface area contributed by atoms with Gasteiger partial charge in [0, 0.05) is 0 Å². The minimum atomic E-state index is 0.310. The number of hydrogen-bond acceptors (Lipinski definition) is 1. The molecule has 1 nitrogen and oxygen atoms in total. The number of hydrogen-bond donors (Lipinski definition) is 0. The highest BCUT2D eigenvalue weighted by Gasteiger charge is 2.11. The first kappa shape index (κ1) is 7.39. The molecule has 0 fully saturated rings. The Bertz CT molecular complexity index is 147. The van der Waals surface area contributed by atoms with E-state index in [1.807, 2.05) is 13.0 Å². The third kappa shape index (κ3) is 1.90. The fourth-order valence-electron chi connectivity index (χ4n) is 1.12. The highest BCUT2D eigenvalue weighted by Crippen LogP contribution is 2.16. The zero-order chi connectivity index (χ0) is 7.40. The quantitative estimate of drug-likeness (QED) is 0.506. The van der Waals surface area contributed by atoms with E-state index in [2.05, 4.69) is 19.1 Å². The first-order valence-corrected chi connectivity index (χ1v) is 3.78. The van der Waals surface area contributed by atoms with Crippen molar-refractivity contribution in [1.82, 2.24) is 0 Å². The summed E-state index contributed by atoms with van der Waals surface area (Å²) in [5.74, 6) is 0.662. The highest BCUT2D eigenvalue weighted by atomic mass is 16.5. The summed E-state index contributed by atoms with van der Waals surface area (Å²) in [5.41, 5.74) is 0. The monoisotopic (exact) mass is 138 g/mol. The Hall–Kier alpha value is -0.720. The van der Waals surface area contributed by atoms with Crippen molar-refractivity contribution in [2.24, 2.45) is 5.92 Å². The van der Waals surface area contributed by atoms with Crippen molar-refractivity contribution in [3.8, 4) is 0 Å². The Morgan fingerprint density at radius 3 is 3.00 bits per heavy atom. The molecule has 0 saturated heterocycles. The van der Waals surface area contributed by atoms with Crippen LogP contribution in [-0.2, 0) is 4.74 Å². The Kier molecular flexibility index (Phi) is 2.55. The predicted molar refractivity (Wildman–Crippen MR) is 42.6 cm³/mol. The van der Waals surface area contributed by atoms with Crippen LogP contribution >= 0.6 is 0 Å². The van der Waals surface area contributed by atoms with Gasteiger partial charge >= 0.3 is 0 Å². The fourth-order valence-corrected chi connectivity index (χ4v) is 1.12. The lowest BCUT2D eigenvalue weighted by Gasteiger charge is -2.19. The molecule has 0 aliphatic carbocycles. The smallest absolute Gasteiger partial charge is 0.116 e. The molecule has 2 atom stereocenters. The predicted octanol–water partition coefficient (Wildman–Crippen LogP) is 2.50. The van der Waals surface area contributed by atoms with Gasteiger partial charge in [0.2, 0.25) is 0 Å². The second kappa shape index (κ2) is 3.45. The van der Waals surface area contributed by atoms with Crippen LogP contribution in [0.2, 0.25) is 0 Å². The van der Waals surface area contributed by atoms with E-state index in [1.54, 1.807) is 6.26 Å². The lowest BCUT2D eigenvalue weighted by atomic mass is 10.0. The van der Waals surface area contributed by atoms with Crippen molar-refractivity contribution in [3.63, 3.8) is 0 Å². The number of allylic oxidation sites excluding steroid dienone is 2. The van der Waals surface area contributed by atoms with Gasteiger partial charge in [0.15, 0.2) is 0 Å². The van der Waals surface area contributed by atoms with E-state index in [0.29, 0.717) is 12.0 Å². The van der Waals surface area contributed by atoms with E-state index in [0.717, 1.165) is 6.42 Å². The molecule has 0 amide bonds. The maximum atomic E-state index is 5.32. The van der Waals surface area contributed by atoms with Crippen LogP contribution in [0.15, 0.2) is 24.5 Å². The van der Waals surface area contributed by atoms with Crippen LogP contribution in [0.4, 0.5) is 0 Å². The molecular formula is C9H14O. The second-order valence-electron chi connectivity index (χ2n) is 2.74. The molecule has 1 heterocycles. The van der Waals surface area contributed by atoms with Gasteiger partial charge in [-0.15, -0.1) is 0 Å². The van der Waals surface area contributed by atoms with Gasteiger partial charge in [0.05, 0.1) is 6.26 Å². The molecule has 56 valence electrons. The van der Waals surface area contributed by atoms with Gasteiger partial charge in [-0.05, 0) is 31.4 Å². The van der Waals surface area contributed by atoms with Gasteiger partial charge in [-0.25, -0.2) is 0 Å². The topological polar surface area (TPSA) is 9.23 Å². The van der Waals surface area contributed by atoms with Gasteiger partial charge in [-0.1, -0.05) is 13.0 Å². The van der Waals surface area contributed by atoms with E-state index in [1.165, 1.54) is 0 Å². The second-order valence-corrected chi connectivity index (χ2v) is 2.74. The maximum absolute atomic E-state index is 5.32. The third-order valence-electron chi connectivity index (χ3n) is 1.67. The summed E-state index contributed by atoms with van der Waals surface area (Å²) in [5, 5.41) is 0. The molecule has 0 radical (unpaired) electrons. The normalized spacial score (nSPS) is 32.6. The first-order chi connectivity index (χ1) is 4.83. The van der Waals surface area contributed by atoms with Gasteiger partial charge in [0.25, 0.3) is 0 Å². The van der Waals surface area contributed by atoms with E-state index in [-0.39, 0.29) is 0 Å². The lowest BCUT2D eigenvalue weighted by Crippen LogP contribution is -2.14. The fraction of sp³-hybridized carbons (Fsp3) is 0.556. The maximum Gasteiger partial charge on any atom is 0.116 e. The molecule has 1 aliphatic rings. The van der Waals surface area contributed by atoms with Crippen LogP contribution in [0.25, 0.3) is 0 Å². The van der Waals surface area contributed by atoms with Gasteiger partial charge in [-0.2, -0.15) is 0 Å². The van der Waals surface area contributed by atoms with Gasteiger partial charge < -0.3 is 4.74 Å². The molecule has 10 heavy (non-hydrogen) atoms. The summed E-state index contributed by atoms with van der Waals surface area (Å²) in [7, 11) is 0. The van der Waals surface area contributed by atoms with Crippen LogP contribution in [0.3, 0.4) is 0 Å². The summed E-state index contributed by atoms with van der Waals surface area (Å²) in [4.78, 5) is 0. The van der Waals surface area contributed by atoms with Crippen LogP contribution in [0.1, 0.15) is 20.3 Å². The summed E-state index contributed by atoms with van der Waals surface area (Å²) in [6.07, 6.45) is 9.46. The number of rotatable bonds is 1. The molecule has 0 aromatic carbocycles. The molecule has 1 heteroatoms. The van der Waals surface area contributed by atoms with Crippen molar-refractivity contribution in [3.05, 3.63) is 24.5 Å². The molecule has 0 N–H and O–H groups in total. The lowest BCUT2D eigenvalue weighted by molar-refractivity contribution is 0.148. The molecule has 0 bridgehead atoms. The Balaban J connectivity index is 2.44. The van der Waals surface area contributed by atoms with Crippen molar-refractivity contribution < 1.29 is 4.74 Å². The van der Waals surface area contributed by atoms with E-state index < -0.39 is 0 Å². The molecule has 1 aliphatic heterocycles. The molecule has 0 saturated carbocycles. The Morgan fingerprint density at radius 1 is 1.60 bits per heavy atom. The summed E-state index contributed by atoms with van der Waals surface area (Å²) in [6.45, 7) is 4.22. The third-order valence-corrected chi connectivity index (χ3v) is 1.67. The molecular weight excluding hydrogens is 124 g/mol. The van der Waals surface area contributed by atoms with E-state index in [9.17, 15) is 0 Å². The summed E-state index contributed by atoms with van der Waals surface area (Å²) in [6, 6.07) is 0. The largest absolute Gasteiger partial charge is 0.494 e. The van der Waals surface area contributed by atoms with Crippen LogP contribution in [0.5, 0.6) is 0 Å². The van der Waals surface area contributed by atoms with E-state index in [4.69, 9.17) is 4.74 Å². The average Bonchev–Trinajstić information content (AvgIpc) is 1.88. The average molecular weight is 138 g/mol. The van der Waals surface area contributed by atoms with Gasteiger partial charge in [-0.3, -0.25) is 0 Å². The zero-order valence-corrected chi connectivity index (χ0v) is 6.58. The van der Waals surface area contributed by atoms with Crippen LogP contribution < -0.4 is 0 Å². The summed E-state index contributed by atoms with van der Waals surface area (Å²) < 4.78 is 5.32. The van der Waals surface area contributed by atoms with Crippen LogP contribution in [0, 0.1) is 5.92 Å². The van der Waals surface area contributed by atoms with Gasteiger partial charge in [0.1, 0.15) is 6.10 Å². The molecule has 2 unspecified atom stereocenters. The van der Waals surface area contributed by atoms with Crippen molar-refractivity contribution in [1.29, 1.82) is 0 Å². The van der Waals surface area contributed by atoms with E-state index >= 15 is 0 Å². The molecule has 0 aromatic rings. The minimum Gasteiger partial charge on any atom is -0.494 e. The van der Waals surface area contributed by atoms with Crippen molar-refractivity contribution in [2.45, 2.75) is 26.4 Å². The zero-order valence-electron chi connectivity index (χ0n) is 6.58. The molecule has 0 spiro atoms. The Labute approximate surface area is 62.4 Å². The first-order valence-electron chi connectivity index (χ1n) is 3.78. The van der Waals surface area contributed by atoms with Crippen molar-refractivity contribution in [2.75, 3.05) is 0 Å². The van der Waals surface area contributed by atoms with Crippen molar-refractivity contribution >= 4 is 0 Å². The van der Waals surface area contributed by atoms with Crippen LogP contribution in [-0.4, -0.2) is 6.10 Å². The Morgan fingerprint density at radius 2 is 2.40 bits per heavy atom. The molecule has 1 rings (SSSR count). The summed E-state index contributed by atoms with van der Waals surface area (Å²) >= 11 is 0. The highest BCUT2D eigenvalue weighted by molar-refractivity contribution is 4.96. The minimum absolute atomic E-state index is 0.310. The SMILES string of the molecule is CC=CC1CC(C)C=CO1. The standard InChI is InChI=1S/C9H14O/c1-3-4-9-7-8(2)5-6-10-9/h3-6,8-9H,7H2,1-2H3.